The Morgan fingerprint density at radius 1 is 1.29 bits per heavy atom. The Hall–Kier alpha value is -0.480. The van der Waals surface area contributed by atoms with Gasteiger partial charge in [0.2, 0.25) is 0 Å². The molecule has 0 aliphatic carbocycles. The topological polar surface area (TPSA) is 41.5 Å². The van der Waals surface area contributed by atoms with Gasteiger partial charge in [-0.25, -0.2) is 0 Å². The van der Waals surface area contributed by atoms with Gasteiger partial charge in [0, 0.05) is 46.5 Å². The van der Waals surface area contributed by atoms with Crippen molar-refractivity contribution in [2.75, 3.05) is 18.5 Å². The average molecular weight is 330 g/mol. The summed E-state index contributed by atoms with van der Waals surface area (Å²) in [7, 11) is 0. The van der Waals surface area contributed by atoms with Crippen molar-refractivity contribution in [1.82, 2.24) is 0 Å². The number of fused-ring (bicyclic) bond motifs is 3. The molecule has 21 heavy (non-hydrogen) atoms. The number of rotatable bonds is 4. The van der Waals surface area contributed by atoms with E-state index in [9.17, 15) is 0 Å². The average Bonchev–Trinajstić information content (AvgIpc) is 2.46. The first-order valence-corrected chi connectivity index (χ1v) is 8.44. The molecule has 0 unspecified atom stereocenters. The number of ether oxygens (including phenoxy) is 1. The molecular formula is C16H21Cl2NO2. The lowest BCUT2D eigenvalue weighted by molar-refractivity contribution is -0.0386. The number of hydrogen-bond acceptors (Lipinski definition) is 3. The Kier molecular flexibility index (Phi) is 4.95. The van der Waals surface area contributed by atoms with E-state index in [-0.39, 0.29) is 12.7 Å². The van der Waals surface area contributed by atoms with E-state index in [1.165, 1.54) is 0 Å². The van der Waals surface area contributed by atoms with E-state index in [1.807, 2.05) is 6.07 Å². The number of hydrogen-bond donors (Lipinski definition) is 2. The van der Waals surface area contributed by atoms with Crippen LogP contribution in [-0.4, -0.2) is 24.4 Å². The molecule has 0 amide bonds. The molecule has 1 fully saturated rings. The van der Waals surface area contributed by atoms with E-state index < -0.39 is 0 Å². The fraction of sp³-hybridized carbons (Fsp3) is 0.625. The van der Waals surface area contributed by atoms with Crippen molar-refractivity contribution in [3.63, 3.8) is 0 Å². The highest BCUT2D eigenvalue weighted by Crippen LogP contribution is 2.48. The molecule has 0 saturated carbocycles. The third kappa shape index (κ3) is 3.16. The summed E-state index contributed by atoms with van der Waals surface area (Å²) in [6, 6.07) is 4.10. The molecule has 0 bridgehead atoms. The number of aliphatic hydroxyl groups is 1. The highest BCUT2D eigenvalue weighted by molar-refractivity contribution is 6.35. The van der Waals surface area contributed by atoms with Crippen LogP contribution in [0.1, 0.15) is 43.8 Å². The van der Waals surface area contributed by atoms with Crippen molar-refractivity contribution in [2.45, 2.75) is 44.2 Å². The van der Waals surface area contributed by atoms with Gasteiger partial charge in [-0.1, -0.05) is 23.2 Å². The first-order valence-electron chi connectivity index (χ1n) is 7.68. The minimum absolute atomic E-state index is 0.0684. The summed E-state index contributed by atoms with van der Waals surface area (Å²) in [5.41, 5.74) is 2.06. The van der Waals surface area contributed by atoms with Gasteiger partial charge in [-0.2, -0.15) is 0 Å². The van der Waals surface area contributed by atoms with Crippen LogP contribution >= 0.6 is 23.2 Å². The summed E-state index contributed by atoms with van der Waals surface area (Å²) in [5.74, 6) is 0.448. The Morgan fingerprint density at radius 2 is 2.14 bits per heavy atom. The fourth-order valence-electron chi connectivity index (χ4n) is 3.58. The molecule has 0 radical (unpaired) electrons. The third-order valence-corrected chi connectivity index (χ3v) is 5.06. The summed E-state index contributed by atoms with van der Waals surface area (Å²) >= 11 is 12.5. The smallest absolute Gasteiger partial charge is 0.0907 e. The van der Waals surface area contributed by atoms with Crippen LogP contribution in [0, 0.1) is 5.92 Å². The van der Waals surface area contributed by atoms with Crippen LogP contribution in [0.3, 0.4) is 0 Å². The van der Waals surface area contributed by atoms with Crippen molar-refractivity contribution >= 4 is 28.9 Å². The number of aliphatic hydroxyl groups excluding tert-OH is 1. The van der Waals surface area contributed by atoms with Crippen molar-refractivity contribution in [3.8, 4) is 0 Å². The summed E-state index contributed by atoms with van der Waals surface area (Å²) in [6.45, 7) is 1.05. The van der Waals surface area contributed by atoms with Crippen LogP contribution in [0.25, 0.3) is 0 Å². The molecule has 3 nitrogen and oxygen atoms in total. The first kappa shape index (κ1) is 15.4. The van der Waals surface area contributed by atoms with Crippen LogP contribution < -0.4 is 5.32 Å². The first-order chi connectivity index (χ1) is 10.2. The monoisotopic (exact) mass is 329 g/mol. The van der Waals surface area contributed by atoms with Gasteiger partial charge in [-0.05, 0) is 44.2 Å². The van der Waals surface area contributed by atoms with Gasteiger partial charge in [0.1, 0.15) is 0 Å². The van der Waals surface area contributed by atoms with Crippen LogP contribution in [0.5, 0.6) is 0 Å². The second-order valence-corrected chi connectivity index (χ2v) is 6.76. The molecular weight excluding hydrogens is 309 g/mol. The van der Waals surface area contributed by atoms with Crippen LogP contribution in [0.2, 0.25) is 10.0 Å². The van der Waals surface area contributed by atoms with Gasteiger partial charge in [-0.15, -0.1) is 0 Å². The molecule has 1 aromatic carbocycles. The van der Waals surface area contributed by atoms with Crippen molar-refractivity contribution in [3.05, 3.63) is 27.7 Å². The Labute approximate surface area is 135 Å². The van der Waals surface area contributed by atoms with Crippen molar-refractivity contribution in [1.29, 1.82) is 0 Å². The summed E-state index contributed by atoms with van der Waals surface area (Å²) in [5, 5.41) is 13.9. The zero-order chi connectivity index (χ0) is 14.8. The molecule has 2 N–H and O–H groups in total. The predicted molar refractivity (Wildman–Crippen MR) is 86.2 cm³/mol. The van der Waals surface area contributed by atoms with Gasteiger partial charge >= 0.3 is 0 Å². The molecule has 3 atom stereocenters. The molecule has 2 heterocycles. The lowest BCUT2D eigenvalue weighted by atomic mass is 9.78. The summed E-state index contributed by atoms with van der Waals surface area (Å²) in [6.07, 6.45) is 5.22. The maximum atomic E-state index is 8.98. The quantitative estimate of drug-likeness (QED) is 0.803. The number of anilines is 1. The molecule has 0 aromatic heterocycles. The van der Waals surface area contributed by atoms with E-state index in [0.29, 0.717) is 22.0 Å². The van der Waals surface area contributed by atoms with E-state index in [2.05, 4.69) is 5.32 Å². The SMILES string of the molecule is OCCCC[C@H]1Nc2cc(Cl)cc(Cl)c2[C@H]2OCCC[C@H]21. The maximum Gasteiger partial charge on any atom is 0.0907 e. The minimum atomic E-state index is 0.0684. The minimum Gasteiger partial charge on any atom is -0.396 e. The van der Waals surface area contributed by atoms with Crippen LogP contribution in [-0.2, 0) is 4.74 Å². The van der Waals surface area contributed by atoms with E-state index in [4.69, 9.17) is 33.0 Å². The standard InChI is InChI=1S/C16H21Cl2NO2/c17-10-8-12(18)15-14(9-10)19-13(5-1-2-6-20)11-4-3-7-21-16(11)15/h8-9,11,13,16,19-20H,1-7H2/t11-,13+,16-/m0/s1. The predicted octanol–water partition coefficient (Wildman–Crippen LogP) is 4.42. The van der Waals surface area contributed by atoms with Gasteiger partial charge < -0.3 is 15.2 Å². The number of nitrogens with one attached hydrogen (secondary N) is 1. The fourth-order valence-corrected chi connectivity index (χ4v) is 4.18. The van der Waals surface area contributed by atoms with Crippen LogP contribution in [0.4, 0.5) is 5.69 Å². The number of benzene rings is 1. The van der Waals surface area contributed by atoms with Gasteiger partial charge in [0.15, 0.2) is 0 Å². The molecule has 1 aromatic rings. The summed E-state index contributed by atoms with van der Waals surface area (Å²) in [4.78, 5) is 0. The second kappa shape index (κ2) is 6.74. The highest BCUT2D eigenvalue weighted by atomic mass is 35.5. The van der Waals surface area contributed by atoms with Crippen molar-refractivity contribution in [2.24, 2.45) is 5.92 Å². The Balaban J connectivity index is 1.89. The number of halogens is 2. The van der Waals surface area contributed by atoms with Gasteiger partial charge in [0.05, 0.1) is 6.10 Å². The largest absolute Gasteiger partial charge is 0.396 e. The third-order valence-electron chi connectivity index (χ3n) is 4.53. The second-order valence-electron chi connectivity index (χ2n) is 5.92. The van der Waals surface area contributed by atoms with Gasteiger partial charge in [-0.3, -0.25) is 0 Å². The Morgan fingerprint density at radius 3 is 2.95 bits per heavy atom. The molecule has 1 saturated heterocycles. The maximum absolute atomic E-state index is 8.98. The molecule has 2 aliphatic heterocycles. The van der Waals surface area contributed by atoms with Crippen molar-refractivity contribution < 1.29 is 9.84 Å². The molecule has 5 heteroatoms. The van der Waals surface area contributed by atoms with Gasteiger partial charge in [0.25, 0.3) is 0 Å². The van der Waals surface area contributed by atoms with Crippen LogP contribution in [0.15, 0.2) is 12.1 Å². The molecule has 2 aliphatic rings. The summed E-state index contributed by atoms with van der Waals surface area (Å²) < 4.78 is 6.05. The Bertz CT molecular complexity index is 509. The molecule has 116 valence electrons. The number of unbranched alkanes of at least 4 members (excludes halogenated alkanes) is 1. The zero-order valence-corrected chi connectivity index (χ0v) is 13.5. The zero-order valence-electron chi connectivity index (χ0n) is 11.9. The normalized spacial score (nSPS) is 27.7. The van der Waals surface area contributed by atoms with E-state index >= 15 is 0 Å². The van der Waals surface area contributed by atoms with E-state index in [1.54, 1.807) is 6.07 Å². The molecule has 0 spiro atoms. The molecule has 3 rings (SSSR count). The lowest BCUT2D eigenvalue weighted by Crippen LogP contribution is -2.41. The highest BCUT2D eigenvalue weighted by Gasteiger charge is 2.40. The lowest BCUT2D eigenvalue weighted by Gasteiger charge is -2.43. The van der Waals surface area contributed by atoms with E-state index in [0.717, 1.165) is 50.0 Å².